The van der Waals surface area contributed by atoms with Crippen molar-refractivity contribution < 1.29 is 65.1 Å². The molecule has 0 saturated carbocycles. The van der Waals surface area contributed by atoms with Gasteiger partial charge >= 0.3 is 0 Å². The summed E-state index contributed by atoms with van der Waals surface area (Å²) in [4.78, 5) is 0. The summed E-state index contributed by atoms with van der Waals surface area (Å²) in [5, 5.41) is 0. The van der Waals surface area contributed by atoms with Gasteiger partial charge in [-0.15, -0.1) is 0 Å². The van der Waals surface area contributed by atoms with Crippen molar-refractivity contribution in [3.8, 4) is 0 Å². The van der Waals surface area contributed by atoms with Crippen molar-refractivity contribution >= 4 is 25.0 Å². The third-order valence-electron chi connectivity index (χ3n) is 7.27. The average molecular weight is 841 g/mol. The van der Waals surface area contributed by atoms with Crippen LogP contribution in [0.25, 0.3) is 0 Å². The Morgan fingerprint density at radius 3 is 0.741 bits per heavy atom. The van der Waals surface area contributed by atoms with Gasteiger partial charge in [-0.3, -0.25) is 0 Å². The molecule has 0 bridgehead atoms. The van der Waals surface area contributed by atoms with Crippen LogP contribution in [0, 0.1) is 0 Å². The van der Waals surface area contributed by atoms with E-state index in [4.69, 9.17) is 61.0 Å². The third-order valence-corrected chi connectivity index (χ3v) is 16.4. The van der Waals surface area contributed by atoms with Crippen LogP contribution in [0.3, 0.4) is 0 Å². The van der Waals surface area contributed by atoms with E-state index in [0.717, 1.165) is 44.6 Å². The highest BCUT2D eigenvalue weighted by atomic mass is 28.4. The molecule has 0 N–H and O–H groups in total. The first-order valence-electron chi connectivity index (χ1n) is 19.4. The lowest BCUT2D eigenvalue weighted by Gasteiger charge is -2.34. The molecule has 0 rings (SSSR count). The van der Waals surface area contributed by atoms with Gasteiger partial charge in [0.25, 0.3) is 0 Å². The molecule has 0 fully saturated rings. The predicted octanol–water partition coefficient (Wildman–Crippen LogP) is 6.47. The molecule has 0 aromatic heterocycles. The summed E-state index contributed by atoms with van der Waals surface area (Å²) in [5.74, 6) is 0. The largest absolute Gasteiger partial charge is 0.455 e. The molecule has 0 atom stereocenters. The van der Waals surface area contributed by atoms with E-state index in [1.54, 1.807) is 34.4 Å². The standard InChI is InChI=1S/C24H54O9Si2.C12H27FO4Si.CH4/c1-25-11-13-29-19-21-31-17-15-27-9-7-23-34(3,4)33-35(5,6)24-8-10-28-16-18-32-22-20-30-14-12-26-2;1-14-6-7-16-10-11-17-9-8-15-5-4-12-18(2,3)13;/h7-24H2,1-6H3;4-12H2,1-3H3;1H4. The highest BCUT2D eigenvalue weighted by Crippen LogP contribution is 2.23. The minimum atomic E-state index is -2.39. The lowest BCUT2D eigenvalue weighted by atomic mass is 10.5. The smallest absolute Gasteiger partial charge is 0.241 e. The van der Waals surface area contributed by atoms with Crippen LogP contribution < -0.4 is 0 Å². The molecule has 0 radical (unpaired) electrons. The number of rotatable bonds is 41. The molecule has 0 unspecified atom stereocenters. The fourth-order valence-electron chi connectivity index (χ4n) is 4.70. The zero-order chi connectivity index (χ0) is 39.8. The zero-order valence-electron chi connectivity index (χ0n) is 35.3. The average Bonchev–Trinajstić information content (AvgIpc) is 3.09. The van der Waals surface area contributed by atoms with Gasteiger partial charge in [-0.1, -0.05) is 7.43 Å². The summed E-state index contributed by atoms with van der Waals surface area (Å²) in [6, 6.07) is 2.89. The summed E-state index contributed by atoms with van der Waals surface area (Å²) in [6.07, 6.45) is 2.87. The minimum Gasteiger partial charge on any atom is -0.455 e. The van der Waals surface area contributed by atoms with Crippen LogP contribution in [0.1, 0.15) is 26.7 Å². The quantitative estimate of drug-likeness (QED) is 0.0381. The first kappa shape index (κ1) is 58.4. The van der Waals surface area contributed by atoms with E-state index in [9.17, 15) is 4.11 Å². The van der Waals surface area contributed by atoms with E-state index in [1.165, 1.54) is 0 Å². The molecular formula is C37H85FO13Si3. The molecule has 17 heteroatoms. The maximum Gasteiger partial charge on any atom is 0.241 e. The monoisotopic (exact) mass is 841 g/mol. The van der Waals surface area contributed by atoms with Gasteiger partial charge < -0.3 is 65.1 Å². The summed E-state index contributed by atoms with van der Waals surface area (Å²) < 4.78 is 83.6. The Morgan fingerprint density at radius 2 is 0.519 bits per heavy atom. The Labute approximate surface area is 333 Å². The number of halogens is 1. The molecule has 0 aliphatic heterocycles. The third kappa shape index (κ3) is 52.1. The Balaban J connectivity index is -0.00000115. The molecule has 13 nitrogen and oxygen atoms in total. The second kappa shape index (κ2) is 42.7. The van der Waals surface area contributed by atoms with Crippen molar-refractivity contribution in [2.45, 2.75) is 84.1 Å². The van der Waals surface area contributed by atoms with Crippen LogP contribution >= 0.6 is 0 Å². The number of methoxy groups -OCH3 is 3. The van der Waals surface area contributed by atoms with E-state index in [2.05, 4.69) is 26.2 Å². The van der Waals surface area contributed by atoms with Crippen LogP contribution in [0.4, 0.5) is 4.11 Å². The highest BCUT2D eigenvalue weighted by Gasteiger charge is 2.32. The first-order valence-corrected chi connectivity index (χ1v) is 28.8. The lowest BCUT2D eigenvalue weighted by molar-refractivity contribution is 0.00366. The van der Waals surface area contributed by atoms with Gasteiger partial charge in [-0.2, -0.15) is 0 Å². The van der Waals surface area contributed by atoms with Gasteiger partial charge in [0.15, 0.2) is 16.6 Å². The molecule has 0 aromatic carbocycles. The van der Waals surface area contributed by atoms with Gasteiger partial charge in [0.1, 0.15) is 0 Å². The number of hydrogen-bond acceptors (Lipinski definition) is 13. The van der Waals surface area contributed by atoms with Gasteiger partial charge in [-0.25, -0.2) is 0 Å². The molecule has 54 heavy (non-hydrogen) atoms. The van der Waals surface area contributed by atoms with Crippen molar-refractivity contribution in [2.24, 2.45) is 0 Å². The van der Waals surface area contributed by atoms with Crippen LogP contribution in [0.15, 0.2) is 0 Å². The maximum atomic E-state index is 13.2. The molecule has 0 saturated heterocycles. The van der Waals surface area contributed by atoms with Crippen LogP contribution in [-0.2, 0) is 61.0 Å². The Hall–Kier alpha value is 0.0606. The van der Waals surface area contributed by atoms with Crippen molar-refractivity contribution in [1.29, 1.82) is 0 Å². The summed E-state index contributed by atoms with van der Waals surface area (Å²) in [5.41, 5.74) is 0. The van der Waals surface area contributed by atoms with E-state index < -0.39 is 25.0 Å². The number of hydrogen-bond donors (Lipinski definition) is 0. The lowest BCUT2D eigenvalue weighted by Crippen LogP contribution is -2.44. The topological polar surface area (TPSA) is 120 Å². The Bertz CT molecular complexity index is 689. The molecule has 0 aliphatic rings. The van der Waals surface area contributed by atoms with E-state index in [0.29, 0.717) is 132 Å². The van der Waals surface area contributed by atoms with Crippen molar-refractivity contribution in [2.75, 3.05) is 160 Å². The van der Waals surface area contributed by atoms with Gasteiger partial charge in [0.05, 0.1) is 119 Å². The minimum absolute atomic E-state index is 0. The van der Waals surface area contributed by atoms with Crippen LogP contribution in [0.2, 0.25) is 57.4 Å². The van der Waals surface area contributed by atoms with Crippen LogP contribution in [-0.4, -0.2) is 185 Å². The maximum absolute atomic E-state index is 13.2. The number of ether oxygens (including phenoxy) is 12. The van der Waals surface area contributed by atoms with Crippen LogP contribution in [0.5, 0.6) is 0 Å². The SMILES string of the molecule is C.COCCOCCOCCOCCC[Si](C)(C)F.COCCOCCOCCOCCC[Si](C)(C)O[Si](C)(C)CCCOCCOCCOCCOC. The van der Waals surface area contributed by atoms with Crippen molar-refractivity contribution in [1.82, 2.24) is 0 Å². The van der Waals surface area contributed by atoms with Gasteiger partial charge in [0, 0.05) is 41.2 Å². The van der Waals surface area contributed by atoms with E-state index in [-0.39, 0.29) is 7.43 Å². The van der Waals surface area contributed by atoms with E-state index >= 15 is 0 Å². The molecular weight excluding hydrogens is 756 g/mol. The second-order valence-electron chi connectivity index (χ2n) is 14.1. The first-order chi connectivity index (χ1) is 25.4. The molecule has 0 aromatic rings. The molecule has 0 aliphatic carbocycles. The van der Waals surface area contributed by atoms with Gasteiger partial charge in [-0.05, 0) is 76.7 Å². The normalized spacial score (nSPS) is 12.1. The Kier molecular flexibility index (Phi) is 46.1. The Morgan fingerprint density at radius 1 is 0.315 bits per heavy atom. The van der Waals surface area contributed by atoms with Crippen molar-refractivity contribution in [3.05, 3.63) is 0 Å². The summed E-state index contributed by atoms with van der Waals surface area (Å²) in [6.45, 7) is 25.6. The highest BCUT2D eigenvalue weighted by molar-refractivity contribution is 6.84. The molecule has 0 amide bonds. The summed E-state index contributed by atoms with van der Waals surface area (Å²) in [7, 11) is -0.813. The second-order valence-corrected chi connectivity index (χ2v) is 26.9. The fourth-order valence-corrected chi connectivity index (χ4v) is 14.5. The molecule has 330 valence electrons. The summed E-state index contributed by atoms with van der Waals surface area (Å²) >= 11 is 0. The van der Waals surface area contributed by atoms with Gasteiger partial charge in [0.2, 0.25) is 8.41 Å². The molecule has 0 spiro atoms. The van der Waals surface area contributed by atoms with Crippen molar-refractivity contribution in [3.63, 3.8) is 0 Å². The van der Waals surface area contributed by atoms with E-state index in [1.807, 2.05) is 0 Å². The molecule has 0 heterocycles. The fraction of sp³-hybridized carbons (Fsp3) is 1.00. The zero-order valence-corrected chi connectivity index (χ0v) is 38.3. The predicted molar refractivity (Wildman–Crippen MR) is 223 cm³/mol.